The van der Waals surface area contributed by atoms with Gasteiger partial charge in [-0.25, -0.2) is 0 Å². The molecule has 2 saturated carbocycles. The van der Waals surface area contributed by atoms with E-state index in [9.17, 15) is 9.59 Å². The van der Waals surface area contributed by atoms with Gasteiger partial charge in [0.15, 0.2) is 5.78 Å². The third kappa shape index (κ3) is 1.26. The van der Waals surface area contributed by atoms with E-state index in [2.05, 4.69) is 0 Å². The van der Waals surface area contributed by atoms with Gasteiger partial charge < -0.3 is 4.74 Å². The summed E-state index contributed by atoms with van der Waals surface area (Å²) in [5.41, 5.74) is -0.739. The van der Waals surface area contributed by atoms with Gasteiger partial charge in [-0.15, -0.1) is 0 Å². The van der Waals surface area contributed by atoms with E-state index in [0.29, 0.717) is 13.0 Å². The molecular weight excluding hydrogens is 180 g/mol. The maximum absolute atomic E-state index is 11.9. The average molecular weight is 196 g/mol. The molecule has 2 aliphatic rings. The third-order valence-corrected chi connectivity index (χ3v) is 3.34. The minimum absolute atomic E-state index is 0.142. The van der Waals surface area contributed by atoms with Crippen molar-refractivity contribution >= 4 is 11.8 Å². The van der Waals surface area contributed by atoms with Crippen LogP contribution in [0.3, 0.4) is 0 Å². The molecule has 2 unspecified atom stereocenters. The standard InChI is InChI=1S/C11H16O3/c1-3-14-10(13)11(6-7(11)2)9(12)8-4-5-8/h7-8H,3-6H2,1-2H3. The highest BCUT2D eigenvalue weighted by molar-refractivity contribution is 6.09. The number of ketones is 1. The summed E-state index contributed by atoms with van der Waals surface area (Å²) in [6.45, 7) is 4.10. The zero-order valence-electron chi connectivity index (χ0n) is 8.71. The summed E-state index contributed by atoms with van der Waals surface area (Å²) in [5, 5.41) is 0. The second-order valence-electron chi connectivity index (χ2n) is 4.44. The molecule has 0 aromatic heterocycles. The Bertz CT molecular complexity index is 280. The fourth-order valence-electron chi connectivity index (χ4n) is 2.12. The molecule has 3 nitrogen and oxygen atoms in total. The van der Waals surface area contributed by atoms with Crippen LogP contribution in [0.5, 0.6) is 0 Å². The first-order valence-corrected chi connectivity index (χ1v) is 5.34. The van der Waals surface area contributed by atoms with Crippen molar-refractivity contribution in [2.24, 2.45) is 17.3 Å². The molecule has 14 heavy (non-hydrogen) atoms. The molecule has 0 spiro atoms. The fraction of sp³-hybridized carbons (Fsp3) is 0.818. The minimum Gasteiger partial charge on any atom is -0.465 e. The molecule has 0 radical (unpaired) electrons. The molecule has 0 amide bonds. The van der Waals surface area contributed by atoms with Crippen molar-refractivity contribution in [2.45, 2.75) is 33.1 Å². The molecule has 2 aliphatic carbocycles. The molecule has 0 N–H and O–H groups in total. The zero-order valence-corrected chi connectivity index (χ0v) is 8.71. The van der Waals surface area contributed by atoms with Gasteiger partial charge in [0.25, 0.3) is 0 Å². The highest BCUT2D eigenvalue weighted by Gasteiger charge is 2.66. The van der Waals surface area contributed by atoms with E-state index in [0.717, 1.165) is 12.8 Å². The molecule has 2 atom stereocenters. The number of esters is 1. The Morgan fingerprint density at radius 1 is 1.43 bits per heavy atom. The van der Waals surface area contributed by atoms with Gasteiger partial charge in [-0.1, -0.05) is 6.92 Å². The molecule has 0 aliphatic heterocycles. The van der Waals surface area contributed by atoms with Crippen LogP contribution in [0.25, 0.3) is 0 Å². The highest BCUT2D eigenvalue weighted by Crippen LogP contribution is 2.57. The predicted octanol–water partition coefficient (Wildman–Crippen LogP) is 1.55. The molecule has 2 rings (SSSR count). The number of carbonyl (C=O) groups excluding carboxylic acids is 2. The van der Waals surface area contributed by atoms with Crippen molar-refractivity contribution in [2.75, 3.05) is 6.61 Å². The van der Waals surface area contributed by atoms with E-state index in [-0.39, 0.29) is 23.6 Å². The summed E-state index contributed by atoms with van der Waals surface area (Å²) in [6.07, 6.45) is 2.63. The first-order valence-electron chi connectivity index (χ1n) is 5.34. The van der Waals surface area contributed by atoms with Crippen LogP contribution in [-0.4, -0.2) is 18.4 Å². The lowest BCUT2D eigenvalue weighted by atomic mass is 9.95. The van der Waals surface area contributed by atoms with E-state index in [1.54, 1.807) is 6.92 Å². The number of ether oxygens (including phenoxy) is 1. The van der Waals surface area contributed by atoms with Crippen molar-refractivity contribution < 1.29 is 14.3 Å². The molecule has 3 heteroatoms. The smallest absolute Gasteiger partial charge is 0.319 e. The van der Waals surface area contributed by atoms with Crippen LogP contribution in [0.2, 0.25) is 0 Å². The van der Waals surface area contributed by atoms with E-state index < -0.39 is 5.41 Å². The van der Waals surface area contributed by atoms with Gasteiger partial charge in [-0.3, -0.25) is 9.59 Å². The Balaban J connectivity index is 2.10. The number of hydrogen-bond donors (Lipinski definition) is 0. The SMILES string of the molecule is CCOC(=O)C1(C(=O)C2CC2)CC1C. The maximum Gasteiger partial charge on any atom is 0.319 e. The number of carbonyl (C=O) groups is 2. The van der Waals surface area contributed by atoms with Gasteiger partial charge >= 0.3 is 5.97 Å². The molecule has 0 aromatic rings. The Labute approximate surface area is 83.8 Å². The Morgan fingerprint density at radius 3 is 2.36 bits per heavy atom. The monoisotopic (exact) mass is 196 g/mol. The second kappa shape index (κ2) is 3.07. The first-order chi connectivity index (χ1) is 6.63. The summed E-state index contributed by atoms with van der Waals surface area (Å²) in [6, 6.07) is 0. The lowest BCUT2D eigenvalue weighted by molar-refractivity contribution is -0.154. The zero-order chi connectivity index (χ0) is 10.3. The largest absolute Gasteiger partial charge is 0.465 e. The van der Waals surface area contributed by atoms with Gasteiger partial charge in [-0.2, -0.15) is 0 Å². The number of rotatable bonds is 4. The minimum atomic E-state index is -0.739. The maximum atomic E-state index is 11.9. The molecule has 2 fully saturated rings. The van der Waals surface area contributed by atoms with Crippen molar-refractivity contribution in [1.29, 1.82) is 0 Å². The van der Waals surface area contributed by atoms with Crippen molar-refractivity contribution in [3.05, 3.63) is 0 Å². The Hall–Kier alpha value is -0.860. The Kier molecular flexibility index (Phi) is 2.13. The summed E-state index contributed by atoms with van der Waals surface area (Å²) in [4.78, 5) is 23.6. The quantitative estimate of drug-likeness (QED) is 0.506. The van der Waals surface area contributed by atoms with E-state index in [1.165, 1.54) is 0 Å². The van der Waals surface area contributed by atoms with Crippen molar-refractivity contribution in [3.8, 4) is 0 Å². The number of hydrogen-bond acceptors (Lipinski definition) is 3. The molecule has 78 valence electrons. The van der Waals surface area contributed by atoms with Crippen LogP contribution in [0, 0.1) is 17.3 Å². The van der Waals surface area contributed by atoms with Crippen molar-refractivity contribution in [1.82, 2.24) is 0 Å². The second-order valence-corrected chi connectivity index (χ2v) is 4.44. The summed E-state index contributed by atoms with van der Waals surface area (Å²) < 4.78 is 4.98. The van der Waals surface area contributed by atoms with Crippen LogP contribution in [0.15, 0.2) is 0 Å². The van der Waals surface area contributed by atoms with Crippen LogP contribution in [-0.2, 0) is 14.3 Å². The van der Waals surface area contributed by atoms with Gasteiger partial charge in [0.05, 0.1) is 6.61 Å². The average Bonchev–Trinajstić information content (AvgIpc) is 2.97. The lowest BCUT2D eigenvalue weighted by Crippen LogP contribution is -2.31. The molecule has 0 bridgehead atoms. The topological polar surface area (TPSA) is 43.4 Å². The van der Waals surface area contributed by atoms with Crippen LogP contribution in [0.1, 0.15) is 33.1 Å². The lowest BCUT2D eigenvalue weighted by Gasteiger charge is -2.13. The predicted molar refractivity (Wildman–Crippen MR) is 50.6 cm³/mol. The van der Waals surface area contributed by atoms with Crippen LogP contribution < -0.4 is 0 Å². The normalized spacial score (nSPS) is 35.1. The summed E-state index contributed by atoms with van der Waals surface area (Å²) >= 11 is 0. The number of Topliss-reactive ketones (excluding diaryl/α,β-unsaturated/α-hetero) is 1. The van der Waals surface area contributed by atoms with E-state index in [1.807, 2.05) is 6.92 Å². The highest BCUT2D eigenvalue weighted by atomic mass is 16.5. The fourth-order valence-corrected chi connectivity index (χ4v) is 2.12. The van der Waals surface area contributed by atoms with E-state index >= 15 is 0 Å². The third-order valence-electron chi connectivity index (χ3n) is 3.34. The van der Waals surface area contributed by atoms with Gasteiger partial charge in [0, 0.05) is 5.92 Å². The summed E-state index contributed by atoms with van der Waals surface area (Å²) in [5.74, 6) is 0.201. The van der Waals surface area contributed by atoms with E-state index in [4.69, 9.17) is 4.74 Å². The summed E-state index contributed by atoms with van der Waals surface area (Å²) in [7, 11) is 0. The van der Waals surface area contributed by atoms with Crippen LogP contribution >= 0.6 is 0 Å². The van der Waals surface area contributed by atoms with Gasteiger partial charge in [0.1, 0.15) is 5.41 Å². The Morgan fingerprint density at radius 2 is 2.00 bits per heavy atom. The van der Waals surface area contributed by atoms with Gasteiger partial charge in [0.2, 0.25) is 0 Å². The van der Waals surface area contributed by atoms with Crippen LogP contribution in [0.4, 0.5) is 0 Å². The van der Waals surface area contributed by atoms with Gasteiger partial charge in [-0.05, 0) is 32.1 Å². The molecular formula is C11H16O3. The first kappa shape index (κ1) is 9.69. The molecule has 0 saturated heterocycles. The molecule has 0 heterocycles. The van der Waals surface area contributed by atoms with Crippen molar-refractivity contribution in [3.63, 3.8) is 0 Å². The molecule has 0 aromatic carbocycles.